The van der Waals surface area contributed by atoms with Crippen molar-refractivity contribution in [3.8, 4) is 6.07 Å². The van der Waals surface area contributed by atoms with E-state index in [1.54, 1.807) is 18.7 Å². The van der Waals surface area contributed by atoms with Gasteiger partial charge in [0, 0.05) is 24.6 Å². The zero-order chi connectivity index (χ0) is 13.8. The van der Waals surface area contributed by atoms with Gasteiger partial charge >= 0.3 is 0 Å². The summed E-state index contributed by atoms with van der Waals surface area (Å²) >= 11 is 0. The molecule has 0 saturated heterocycles. The summed E-state index contributed by atoms with van der Waals surface area (Å²) in [6, 6.07) is 12.0. The van der Waals surface area contributed by atoms with Crippen LogP contribution in [0.3, 0.4) is 0 Å². The van der Waals surface area contributed by atoms with Crippen molar-refractivity contribution in [1.29, 1.82) is 5.26 Å². The van der Waals surface area contributed by atoms with E-state index >= 15 is 0 Å². The number of hydrogen-bond donors (Lipinski definition) is 0. The molecule has 3 rings (SSSR count). The normalized spacial score (nSPS) is 10.3. The highest BCUT2D eigenvalue weighted by Crippen LogP contribution is 2.25. The molecule has 2 heterocycles. The number of benzene rings is 1. The van der Waals surface area contributed by atoms with Crippen LogP contribution in [0.4, 0.5) is 11.5 Å². The van der Waals surface area contributed by atoms with E-state index in [1.807, 2.05) is 39.6 Å². The lowest BCUT2D eigenvalue weighted by atomic mass is 10.2. The molecule has 2 aromatic heterocycles. The Labute approximate surface area is 115 Å². The first-order valence-corrected chi connectivity index (χ1v) is 6.24. The van der Waals surface area contributed by atoms with E-state index in [0.717, 1.165) is 5.69 Å². The lowest BCUT2D eigenvalue weighted by molar-refractivity contribution is 0.920. The first kappa shape index (κ1) is 12.1. The maximum atomic E-state index is 8.85. The Morgan fingerprint density at radius 2 is 2.10 bits per heavy atom. The van der Waals surface area contributed by atoms with Gasteiger partial charge in [-0.15, -0.1) is 10.2 Å². The Bertz CT molecular complexity index is 743. The number of nitriles is 1. The predicted octanol–water partition coefficient (Wildman–Crippen LogP) is 2.18. The lowest BCUT2D eigenvalue weighted by Gasteiger charge is -2.22. The molecule has 0 bridgehead atoms. The van der Waals surface area contributed by atoms with Crippen LogP contribution in [-0.4, -0.2) is 26.1 Å². The maximum absolute atomic E-state index is 8.85. The summed E-state index contributed by atoms with van der Waals surface area (Å²) in [5.41, 5.74) is 1.65. The first-order valence-electron chi connectivity index (χ1n) is 6.24. The number of hydrogen-bond acceptors (Lipinski definition) is 5. The van der Waals surface area contributed by atoms with Crippen molar-refractivity contribution in [3.05, 3.63) is 49.1 Å². The minimum atomic E-state index is 0.408. The van der Waals surface area contributed by atoms with Gasteiger partial charge in [-0.05, 0) is 12.1 Å². The van der Waals surface area contributed by atoms with Crippen molar-refractivity contribution in [2.45, 2.75) is 6.42 Å². The number of fused-ring (bicyclic) bond motifs is 1. The molecular formula is C14H12N6. The second-order valence-corrected chi connectivity index (χ2v) is 4.21. The second kappa shape index (κ2) is 5.36. The Balaban J connectivity index is 2.10. The maximum Gasteiger partial charge on any atom is 0.204 e. The van der Waals surface area contributed by atoms with Gasteiger partial charge in [-0.3, -0.25) is 4.40 Å². The first-order chi connectivity index (χ1) is 9.90. The average molecular weight is 264 g/mol. The van der Waals surface area contributed by atoms with E-state index in [1.165, 1.54) is 0 Å². The van der Waals surface area contributed by atoms with Crippen LogP contribution in [0.5, 0.6) is 0 Å². The number of rotatable bonds is 4. The molecular weight excluding hydrogens is 252 g/mol. The van der Waals surface area contributed by atoms with Gasteiger partial charge in [0.1, 0.15) is 6.33 Å². The molecule has 3 aromatic rings. The monoisotopic (exact) mass is 264 g/mol. The van der Waals surface area contributed by atoms with E-state index in [-0.39, 0.29) is 0 Å². The second-order valence-electron chi connectivity index (χ2n) is 4.21. The Hall–Kier alpha value is -2.94. The Morgan fingerprint density at radius 3 is 2.90 bits per heavy atom. The molecule has 0 atom stereocenters. The summed E-state index contributed by atoms with van der Waals surface area (Å²) in [5, 5.41) is 16.9. The molecule has 0 aliphatic heterocycles. The van der Waals surface area contributed by atoms with Crippen LogP contribution in [0.2, 0.25) is 0 Å². The summed E-state index contributed by atoms with van der Waals surface area (Å²) in [7, 11) is 0. The van der Waals surface area contributed by atoms with E-state index in [2.05, 4.69) is 21.3 Å². The third-order valence-electron chi connectivity index (χ3n) is 2.97. The highest BCUT2D eigenvalue weighted by molar-refractivity contribution is 5.71. The summed E-state index contributed by atoms with van der Waals surface area (Å²) in [5.74, 6) is 0.700. The smallest absolute Gasteiger partial charge is 0.204 e. The topological polar surface area (TPSA) is 70.1 Å². The summed E-state index contributed by atoms with van der Waals surface area (Å²) in [4.78, 5) is 6.38. The molecule has 0 spiro atoms. The van der Waals surface area contributed by atoms with Gasteiger partial charge in [-0.2, -0.15) is 5.26 Å². The third kappa shape index (κ3) is 2.17. The molecule has 0 saturated carbocycles. The van der Waals surface area contributed by atoms with Gasteiger partial charge in [-0.1, -0.05) is 18.2 Å². The van der Waals surface area contributed by atoms with Gasteiger partial charge in [0.2, 0.25) is 5.65 Å². The minimum absolute atomic E-state index is 0.408. The molecule has 20 heavy (non-hydrogen) atoms. The fourth-order valence-corrected chi connectivity index (χ4v) is 2.06. The molecule has 0 N–H and O–H groups in total. The standard InChI is InChI=1S/C14H12N6/c15-7-4-9-20(12-5-2-1-3-6-12)13-14-18-17-11-19(14)10-8-16-13/h1-3,5-6,8,10-11H,4,9H2. The molecule has 0 fully saturated rings. The minimum Gasteiger partial charge on any atom is -0.322 e. The fourth-order valence-electron chi connectivity index (χ4n) is 2.06. The predicted molar refractivity (Wildman–Crippen MR) is 74.5 cm³/mol. The number of nitrogens with zero attached hydrogens (tertiary/aromatic N) is 6. The molecule has 6 nitrogen and oxygen atoms in total. The molecule has 98 valence electrons. The van der Waals surface area contributed by atoms with Crippen LogP contribution in [-0.2, 0) is 0 Å². The van der Waals surface area contributed by atoms with Crippen molar-refractivity contribution in [2.75, 3.05) is 11.4 Å². The van der Waals surface area contributed by atoms with Crippen LogP contribution in [0.25, 0.3) is 5.65 Å². The van der Waals surface area contributed by atoms with Gasteiger partial charge in [0.15, 0.2) is 5.82 Å². The molecule has 6 heteroatoms. The van der Waals surface area contributed by atoms with E-state index in [9.17, 15) is 0 Å². The van der Waals surface area contributed by atoms with Crippen LogP contribution in [0.1, 0.15) is 6.42 Å². The van der Waals surface area contributed by atoms with E-state index in [4.69, 9.17) is 5.26 Å². The summed E-state index contributed by atoms with van der Waals surface area (Å²) < 4.78 is 1.81. The van der Waals surface area contributed by atoms with E-state index < -0.39 is 0 Å². The highest BCUT2D eigenvalue weighted by Gasteiger charge is 2.15. The van der Waals surface area contributed by atoms with Gasteiger partial charge in [0.05, 0.1) is 12.5 Å². The molecule has 0 amide bonds. The highest BCUT2D eigenvalue weighted by atomic mass is 15.3. The van der Waals surface area contributed by atoms with E-state index in [0.29, 0.717) is 24.4 Å². The third-order valence-corrected chi connectivity index (χ3v) is 2.97. The van der Waals surface area contributed by atoms with Crippen molar-refractivity contribution < 1.29 is 0 Å². The lowest BCUT2D eigenvalue weighted by Crippen LogP contribution is -2.20. The SMILES string of the molecule is N#CCCN(c1ccccc1)c1nccn2cnnc12. The van der Waals surface area contributed by atoms with Crippen molar-refractivity contribution in [3.63, 3.8) is 0 Å². The summed E-state index contributed by atoms with van der Waals surface area (Å²) in [6.45, 7) is 0.556. The number of anilines is 2. The molecule has 0 aliphatic carbocycles. The van der Waals surface area contributed by atoms with Crippen LogP contribution >= 0.6 is 0 Å². The van der Waals surface area contributed by atoms with Crippen LogP contribution in [0, 0.1) is 11.3 Å². The van der Waals surface area contributed by atoms with Crippen LogP contribution < -0.4 is 4.90 Å². The van der Waals surface area contributed by atoms with Gasteiger partial charge in [-0.25, -0.2) is 4.98 Å². The molecule has 0 unspecified atom stereocenters. The number of aromatic nitrogens is 4. The van der Waals surface area contributed by atoms with Crippen molar-refractivity contribution >= 4 is 17.2 Å². The van der Waals surface area contributed by atoms with Gasteiger partial charge in [0.25, 0.3) is 0 Å². The zero-order valence-corrected chi connectivity index (χ0v) is 10.7. The van der Waals surface area contributed by atoms with Crippen LogP contribution in [0.15, 0.2) is 49.1 Å². The molecule has 0 aliphatic rings. The Morgan fingerprint density at radius 1 is 1.25 bits per heavy atom. The Kier molecular flexibility index (Phi) is 3.25. The number of para-hydroxylation sites is 1. The quantitative estimate of drug-likeness (QED) is 0.722. The van der Waals surface area contributed by atoms with Gasteiger partial charge < -0.3 is 4.90 Å². The average Bonchev–Trinajstić information content (AvgIpc) is 2.98. The fraction of sp³-hybridized carbons (Fsp3) is 0.143. The molecule has 0 radical (unpaired) electrons. The van der Waals surface area contributed by atoms with Crippen molar-refractivity contribution in [1.82, 2.24) is 19.6 Å². The zero-order valence-electron chi connectivity index (χ0n) is 10.7. The molecule has 1 aromatic carbocycles. The largest absolute Gasteiger partial charge is 0.322 e. The van der Waals surface area contributed by atoms with Crippen molar-refractivity contribution in [2.24, 2.45) is 0 Å². The summed E-state index contributed by atoms with van der Waals surface area (Å²) in [6.07, 6.45) is 5.54.